The van der Waals surface area contributed by atoms with Crippen molar-refractivity contribution in [3.8, 4) is 0 Å². The maximum atomic E-state index is 13.1. The fourth-order valence-electron chi connectivity index (χ4n) is 2.55. The van der Waals surface area contributed by atoms with Gasteiger partial charge in [0.05, 0.1) is 10.9 Å². The van der Waals surface area contributed by atoms with E-state index in [9.17, 15) is 17.6 Å². The van der Waals surface area contributed by atoms with Crippen molar-refractivity contribution in [2.75, 3.05) is 13.6 Å². The number of halogens is 2. The van der Waals surface area contributed by atoms with Gasteiger partial charge in [0.25, 0.3) is 10.0 Å². The van der Waals surface area contributed by atoms with Crippen molar-refractivity contribution in [1.29, 1.82) is 0 Å². The molecule has 0 spiro atoms. The predicted octanol–water partition coefficient (Wildman–Crippen LogP) is 3.35. The highest BCUT2D eigenvalue weighted by atomic mass is 35.5. The van der Waals surface area contributed by atoms with Crippen molar-refractivity contribution >= 4 is 38.9 Å². The lowest BCUT2D eigenvalue weighted by molar-refractivity contribution is -0.132. The highest BCUT2D eigenvalue weighted by Gasteiger charge is 2.34. The van der Waals surface area contributed by atoms with E-state index in [0.29, 0.717) is 10.9 Å². The molecule has 0 atom stereocenters. The third-order valence-electron chi connectivity index (χ3n) is 4.15. The van der Waals surface area contributed by atoms with Crippen molar-refractivity contribution in [1.82, 2.24) is 9.21 Å². The normalized spacial score (nSPS) is 14.6. The first kappa shape index (κ1) is 19.3. The summed E-state index contributed by atoms with van der Waals surface area (Å²) in [5.41, 5.74) is 0.808. The van der Waals surface area contributed by atoms with Crippen LogP contribution in [0.25, 0.3) is 0 Å². The van der Waals surface area contributed by atoms with Crippen LogP contribution < -0.4 is 0 Å². The smallest absolute Gasteiger partial charge is 0.252 e. The number of thiophene rings is 1. The number of amides is 1. The minimum absolute atomic E-state index is 0.106. The van der Waals surface area contributed by atoms with Crippen LogP contribution in [0, 0.1) is 5.82 Å². The van der Waals surface area contributed by atoms with Gasteiger partial charge >= 0.3 is 0 Å². The van der Waals surface area contributed by atoms with Crippen LogP contribution in [-0.2, 0) is 21.4 Å². The lowest BCUT2D eigenvalue weighted by Crippen LogP contribution is -2.41. The van der Waals surface area contributed by atoms with Crippen LogP contribution in [0.15, 0.2) is 40.6 Å². The van der Waals surface area contributed by atoms with Gasteiger partial charge in [-0.3, -0.25) is 4.79 Å². The van der Waals surface area contributed by atoms with Gasteiger partial charge in [-0.2, -0.15) is 4.31 Å². The fraction of sp³-hybridized carbons (Fsp3) is 0.353. The second-order valence-electron chi connectivity index (χ2n) is 6.20. The molecule has 1 aromatic heterocycles. The first-order valence-electron chi connectivity index (χ1n) is 8.03. The maximum Gasteiger partial charge on any atom is 0.252 e. The molecule has 0 radical (unpaired) electrons. The van der Waals surface area contributed by atoms with E-state index in [1.807, 2.05) is 0 Å². The number of hydrogen-bond donors (Lipinski definition) is 0. The Labute approximate surface area is 161 Å². The monoisotopic (exact) mass is 416 g/mol. The van der Waals surface area contributed by atoms with E-state index in [1.165, 1.54) is 31.3 Å². The average Bonchev–Trinajstić information content (AvgIpc) is 3.33. The summed E-state index contributed by atoms with van der Waals surface area (Å²) in [5, 5.41) is 0. The first-order valence-corrected chi connectivity index (χ1v) is 10.7. The van der Waals surface area contributed by atoms with Crippen LogP contribution in [0.1, 0.15) is 18.4 Å². The molecule has 1 aliphatic rings. The average molecular weight is 417 g/mol. The Morgan fingerprint density at radius 3 is 2.42 bits per heavy atom. The molecule has 140 valence electrons. The Morgan fingerprint density at radius 1 is 1.23 bits per heavy atom. The lowest BCUT2D eigenvalue weighted by atomic mass is 10.2. The highest BCUT2D eigenvalue weighted by Crippen LogP contribution is 2.30. The number of sulfonamides is 1. The zero-order valence-electron chi connectivity index (χ0n) is 14.1. The third-order valence-corrected chi connectivity index (χ3v) is 7.65. The van der Waals surface area contributed by atoms with Crippen LogP contribution >= 0.6 is 22.9 Å². The van der Waals surface area contributed by atoms with Crippen molar-refractivity contribution in [2.24, 2.45) is 0 Å². The molecule has 0 bridgehead atoms. The largest absolute Gasteiger partial charge is 0.334 e. The van der Waals surface area contributed by atoms with Crippen LogP contribution in [0.5, 0.6) is 0 Å². The molecule has 0 saturated heterocycles. The summed E-state index contributed by atoms with van der Waals surface area (Å²) in [7, 11) is -2.38. The van der Waals surface area contributed by atoms with E-state index in [0.717, 1.165) is 34.0 Å². The minimum atomic E-state index is -3.76. The van der Waals surface area contributed by atoms with Gasteiger partial charge < -0.3 is 4.90 Å². The van der Waals surface area contributed by atoms with Gasteiger partial charge in [-0.05, 0) is 42.7 Å². The van der Waals surface area contributed by atoms with Gasteiger partial charge in [0.15, 0.2) is 0 Å². The standard InChI is InChI=1S/C17H18ClFN2O3S2/c1-20(26(23,24)17-9-8-15(18)25-17)11-16(22)21(14-6-7-14)10-12-2-4-13(19)5-3-12/h2-5,8-9,14H,6-7,10-11H2,1H3. The third kappa shape index (κ3) is 4.43. The van der Waals surface area contributed by atoms with Crippen LogP contribution in [-0.4, -0.2) is 43.2 Å². The molecule has 2 aromatic rings. The Morgan fingerprint density at radius 2 is 1.88 bits per heavy atom. The first-order chi connectivity index (χ1) is 12.3. The quantitative estimate of drug-likeness (QED) is 0.695. The topological polar surface area (TPSA) is 57.7 Å². The summed E-state index contributed by atoms with van der Waals surface area (Å²) in [6.45, 7) is 0.0814. The molecule has 0 N–H and O–H groups in total. The highest BCUT2D eigenvalue weighted by molar-refractivity contribution is 7.91. The summed E-state index contributed by atoms with van der Waals surface area (Å²) in [6, 6.07) is 9.02. The van der Waals surface area contributed by atoms with Crippen molar-refractivity contribution < 1.29 is 17.6 Å². The number of benzene rings is 1. The second kappa shape index (κ2) is 7.64. The van der Waals surface area contributed by atoms with Gasteiger partial charge in [-0.1, -0.05) is 23.7 Å². The number of rotatable bonds is 7. The van der Waals surface area contributed by atoms with Crippen LogP contribution in [0.3, 0.4) is 0 Å². The molecule has 0 aliphatic heterocycles. The van der Waals surface area contributed by atoms with Gasteiger partial charge in [0.2, 0.25) is 5.91 Å². The Bertz CT molecular complexity index is 895. The Hall–Kier alpha value is -1.48. The van der Waals surface area contributed by atoms with E-state index >= 15 is 0 Å². The summed E-state index contributed by atoms with van der Waals surface area (Å²) in [6.07, 6.45) is 1.79. The molecule has 26 heavy (non-hydrogen) atoms. The van der Waals surface area contributed by atoms with Gasteiger partial charge in [-0.25, -0.2) is 12.8 Å². The number of carbonyl (C=O) groups excluding carboxylic acids is 1. The van der Waals surface area contributed by atoms with Gasteiger partial charge in [0.1, 0.15) is 10.0 Å². The lowest BCUT2D eigenvalue weighted by Gasteiger charge is -2.25. The molecule has 5 nitrogen and oxygen atoms in total. The Balaban J connectivity index is 1.70. The molecule has 9 heteroatoms. The van der Waals surface area contributed by atoms with Gasteiger partial charge in [-0.15, -0.1) is 11.3 Å². The fourth-order valence-corrected chi connectivity index (χ4v) is 5.36. The minimum Gasteiger partial charge on any atom is -0.334 e. The number of hydrogen-bond acceptors (Lipinski definition) is 4. The second-order valence-corrected chi connectivity index (χ2v) is 10.2. The van der Waals surface area contributed by atoms with Crippen molar-refractivity contribution in [2.45, 2.75) is 29.6 Å². The summed E-state index contributed by atoms with van der Waals surface area (Å²) in [5.74, 6) is -0.607. The van der Waals surface area contributed by atoms with E-state index < -0.39 is 10.0 Å². The summed E-state index contributed by atoms with van der Waals surface area (Å²) < 4.78 is 39.7. The van der Waals surface area contributed by atoms with Crippen LogP contribution in [0.4, 0.5) is 4.39 Å². The maximum absolute atomic E-state index is 13.1. The number of nitrogens with zero attached hydrogens (tertiary/aromatic N) is 2. The van der Waals surface area contributed by atoms with E-state index in [1.54, 1.807) is 17.0 Å². The van der Waals surface area contributed by atoms with E-state index in [-0.39, 0.29) is 28.5 Å². The molecule has 1 fully saturated rings. The van der Waals surface area contributed by atoms with E-state index in [4.69, 9.17) is 11.6 Å². The molecule has 1 saturated carbocycles. The molecular formula is C17H18ClFN2O3S2. The molecule has 1 aromatic carbocycles. The van der Waals surface area contributed by atoms with Crippen molar-refractivity contribution in [3.05, 3.63) is 52.1 Å². The SMILES string of the molecule is CN(CC(=O)N(Cc1ccc(F)cc1)C1CC1)S(=O)(=O)c1ccc(Cl)s1. The summed E-state index contributed by atoms with van der Waals surface area (Å²) >= 11 is 6.77. The number of carbonyl (C=O) groups is 1. The molecule has 1 amide bonds. The molecule has 0 unspecified atom stereocenters. The van der Waals surface area contributed by atoms with Gasteiger partial charge in [0, 0.05) is 19.6 Å². The zero-order valence-corrected chi connectivity index (χ0v) is 16.5. The molecule has 3 rings (SSSR count). The van der Waals surface area contributed by atoms with Crippen molar-refractivity contribution in [3.63, 3.8) is 0 Å². The predicted molar refractivity (Wildman–Crippen MR) is 99.1 cm³/mol. The zero-order chi connectivity index (χ0) is 18.9. The molecular weight excluding hydrogens is 399 g/mol. The van der Waals surface area contributed by atoms with E-state index in [2.05, 4.69) is 0 Å². The number of likely N-dealkylation sites (N-methyl/N-ethyl adjacent to an activating group) is 1. The van der Waals surface area contributed by atoms with Crippen LogP contribution in [0.2, 0.25) is 4.34 Å². The molecule has 1 heterocycles. The Kier molecular flexibility index (Phi) is 5.67. The summed E-state index contributed by atoms with van der Waals surface area (Å²) in [4.78, 5) is 14.4. The molecule has 1 aliphatic carbocycles.